The second kappa shape index (κ2) is 7.57. The molecule has 1 N–H and O–H groups in total. The number of rotatable bonds is 4. The lowest BCUT2D eigenvalue weighted by Gasteiger charge is -2.14. The number of halogens is 2. The molecule has 0 bridgehead atoms. The smallest absolute Gasteiger partial charge is 0.323 e. The maximum Gasteiger partial charge on any atom is 0.323 e. The molecule has 20 heavy (non-hydrogen) atoms. The summed E-state index contributed by atoms with van der Waals surface area (Å²) >= 11 is 6.10. The first-order chi connectivity index (χ1) is 9.13. The Morgan fingerprint density at radius 2 is 2.15 bits per heavy atom. The molecule has 1 heterocycles. The summed E-state index contributed by atoms with van der Waals surface area (Å²) < 4.78 is 15.5. The third-order valence-corrected chi connectivity index (χ3v) is 3.30. The van der Waals surface area contributed by atoms with Crippen LogP contribution in [-0.4, -0.2) is 38.9 Å². The van der Waals surface area contributed by atoms with Crippen LogP contribution in [0.15, 0.2) is 18.2 Å². The molecular formula is C13H17Cl2NO4. The minimum atomic E-state index is -0.313. The number of carbonyl (C=O) groups is 1. The molecule has 0 unspecified atom stereocenters. The average molecular weight is 322 g/mol. The summed E-state index contributed by atoms with van der Waals surface area (Å²) in [5.41, 5.74) is 0. The number of hydrogen-bond acceptors (Lipinski definition) is 5. The van der Waals surface area contributed by atoms with Gasteiger partial charge in [-0.2, -0.15) is 0 Å². The topological polar surface area (TPSA) is 56.8 Å². The summed E-state index contributed by atoms with van der Waals surface area (Å²) in [7, 11) is 2.95. The highest BCUT2D eigenvalue weighted by atomic mass is 35.5. The minimum absolute atomic E-state index is 0. The van der Waals surface area contributed by atoms with Crippen molar-refractivity contribution < 1.29 is 19.0 Å². The Kier molecular flexibility index (Phi) is 6.39. The van der Waals surface area contributed by atoms with E-state index in [2.05, 4.69) is 10.1 Å². The predicted molar refractivity (Wildman–Crippen MR) is 78.1 cm³/mol. The molecule has 1 aromatic rings. The van der Waals surface area contributed by atoms with Crippen LogP contribution in [0.3, 0.4) is 0 Å². The third kappa shape index (κ3) is 3.91. The molecule has 1 fully saturated rings. The molecule has 0 aromatic heterocycles. The fraction of sp³-hybridized carbons (Fsp3) is 0.462. The van der Waals surface area contributed by atoms with Crippen molar-refractivity contribution >= 4 is 30.0 Å². The molecule has 112 valence electrons. The lowest BCUT2D eigenvalue weighted by Crippen LogP contribution is -2.31. The Bertz CT molecular complexity index is 470. The molecule has 7 heteroatoms. The quantitative estimate of drug-likeness (QED) is 0.860. The minimum Gasteiger partial charge on any atom is -0.497 e. The van der Waals surface area contributed by atoms with Crippen LogP contribution in [0.1, 0.15) is 6.42 Å². The monoisotopic (exact) mass is 321 g/mol. The van der Waals surface area contributed by atoms with Crippen LogP contribution in [0.4, 0.5) is 0 Å². The van der Waals surface area contributed by atoms with Crippen molar-refractivity contribution in [3.8, 4) is 11.5 Å². The number of methoxy groups -OCH3 is 2. The summed E-state index contributed by atoms with van der Waals surface area (Å²) in [6.45, 7) is 0.585. The van der Waals surface area contributed by atoms with Gasteiger partial charge in [0.15, 0.2) is 0 Å². The van der Waals surface area contributed by atoms with Crippen molar-refractivity contribution in [1.82, 2.24) is 5.32 Å². The zero-order valence-electron chi connectivity index (χ0n) is 11.2. The first kappa shape index (κ1) is 16.9. The molecule has 2 rings (SSSR count). The summed E-state index contributed by atoms with van der Waals surface area (Å²) in [5, 5.41) is 3.54. The average Bonchev–Trinajstić information content (AvgIpc) is 2.88. The third-order valence-electron chi connectivity index (χ3n) is 3.01. The fourth-order valence-electron chi connectivity index (χ4n) is 2.00. The molecule has 0 aliphatic carbocycles. The Labute approximate surface area is 128 Å². The number of carbonyl (C=O) groups excluding carboxylic acids is 1. The van der Waals surface area contributed by atoms with E-state index in [0.717, 1.165) is 0 Å². The largest absolute Gasteiger partial charge is 0.497 e. The van der Waals surface area contributed by atoms with E-state index in [1.54, 1.807) is 25.3 Å². The number of hydrogen-bond donors (Lipinski definition) is 1. The fourth-order valence-corrected chi connectivity index (χ4v) is 2.21. The zero-order chi connectivity index (χ0) is 13.8. The molecule has 1 aliphatic rings. The molecule has 0 radical (unpaired) electrons. The van der Waals surface area contributed by atoms with Gasteiger partial charge in [-0.3, -0.25) is 4.79 Å². The van der Waals surface area contributed by atoms with Gasteiger partial charge in [-0.05, 0) is 12.1 Å². The Morgan fingerprint density at radius 1 is 1.40 bits per heavy atom. The van der Waals surface area contributed by atoms with Crippen LogP contribution in [0, 0.1) is 0 Å². The predicted octanol–water partition coefficient (Wildman–Crippen LogP) is 2.05. The Balaban J connectivity index is 0.00000200. The maximum atomic E-state index is 11.4. The molecule has 2 atom stereocenters. The summed E-state index contributed by atoms with van der Waals surface area (Å²) in [5.74, 6) is 0.987. The Hall–Kier alpha value is -1.17. The van der Waals surface area contributed by atoms with Crippen LogP contribution in [0.2, 0.25) is 5.02 Å². The van der Waals surface area contributed by atoms with E-state index in [-0.39, 0.29) is 30.5 Å². The van der Waals surface area contributed by atoms with Crippen molar-refractivity contribution in [2.75, 3.05) is 20.8 Å². The van der Waals surface area contributed by atoms with Gasteiger partial charge in [0.1, 0.15) is 23.6 Å². The van der Waals surface area contributed by atoms with Crippen LogP contribution < -0.4 is 14.8 Å². The van der Waals surface area contributed by atoms with E-state index in [1.807, 2.05) is 0 Å². The maximum absolute atomic E-state index is 11.4. The highest BCUT2D eigenvalue weighted by molar-refractivity contribution is 6.32. The molecule has 1 aromatic carbocycles. The second-order valence-corrected chi connectivity index (χ2v) is 4.66. The van der Waals surface area contributed by atoms with Crippen LogP contribution >= 0.6 is 24.0 Å². The molecular weight excluding hydrogens is 305 g/mol. The first-order valence-electron chi connectivity index (χ1n) is 5.95. The lowest BCUT2D eigenvalue weighted by molar-refractivity contribution is -0.142. The number of esters is 1. The molecule has 1 aliphatic heterocycles. The number of nitrogens with one attached hydrogen (secondary N) is 1. The van der Waals surface area contributed by atoms with Crippen molar-refractivity contribution in [3.05, 3.63) is 23.2 Å². The number of benzene rings is 1. The second-order valence-electron chi connectivity index (χ2n) is 4.26. The van der Waals surface area contributed by atoms with E-state index in [0.29, 0.717) is 29.5 Å². The standard InChI is InChI=1S/C13H16ClNO4.ClH/c1-17-8-3-4-12(10(14)5-8)19-9-6-11(15-7-9)13(16)18-2;/h3-5,9,11,15H,6-7H2,1-2H3;1H/t9-,11-;/m0./s1. The molecule has 1 saturated heterocycles. The normalized spacial score (nSPS) is 20.9. The molecule has 0 spiro atoms. The summed E-state index contributed by atoms with van der Waals surface area (Å²) in [6.07, 6.45) is 0.463. The van der Waals surface area contributed by atoms with Gasteiger partial charge in [-0.25, -0.2) is 0 Å². The van der Waals surface area contributed by atoms with Crippen LogP contribution in [0.25, 0.3) is 0 Å². The highest BCUT2D eigenvalue weighted by Gasteiger charge is 2.31. The molecule has 0 amide bonds. The van der Waals surface area contributed by atoms with E-state index < -0.39 is 0 Å². The van der Waals surface area contributed by atoms with Crippen molar-refractivity contribution in [2.45, 2.75) is 18.6 Å². The van der Waals surface area contributed by atoms with Gasteiger partial charge in [-0.15, -0.1) is 12.4 Å². The first-order valence-corrected chi connectivity index (χ1v) is 6.33. The summed E-state index contributed by atoms with van der Waals surface area (Å²) in [4.78, 5) is 11.4. The van der Waals surface area contributed by atoms with E-state index in [9.17, 15) is 4.79 Å². The van der Waals surface area contributed by atoms with Gasteiger partial charge in [0.2, 0.25) is 0 Å². The van der Waals surface area contributed by atoms with E-state index >= 15 is 0 Å². The van der Waals surface area contributed by atoms with E-state index in [4.69, 9.17) is 21.1 Å². The van der Waals surface area contributed by atoms with Gasteiger partial charge < -0.3 is 19.5 Å². The number of ether oxygens (including phenoxy) is 3. The van der Waals surface area contributed by atoms with E-state index in [1.165, 1.54) is 7.11 Å². The highest BCUT2D eigenvalue weighted by Crippen LogP contribution is 2.30. The van der Waals surface area contributed by atoms with Gasteiger partial charge in [0.05, 0.1) is 19.2 Å². The van der Waals surface area contributed by atoms with Gasteiger partial charge in [-0.1, -0.05) is 11.6 Å². The SMILES string of the molecule is COC(=O)[C@@H]1C[C@H](Oc2ccc(OC)cc2Cl)CN1.Cl. The van der Waals surface area contributed by atoms with Crippen molar-refractivity contribution in [2.24, 2.45) is 0 Å². The van der Waals surface area contributed by atoms with Crippen molar-refractivity contribution in [1.29, 1.82) is 0 Å². The molecule has 5 nitrogen and oxygen atoms in total. The lowest BCUT2D eigenvalue weighted by atomic mass is 10.2. The van der Waals surface area contributed by atoms with Gasteiger partial charge in [0.25, 0.3) is 0 Å². The zero-order valence-corrected chi connectivity index (χ0v) is 12.8. The van der Waals surface area contributed by atoms with Crippen molar-refractivity contribution in [3.63, 3.8) is 0 Å². The van der Waals surface area contributed by atoms with Crippen LogP contribution in [0.5, 0.6) is 11.5 Å². The van der Waals surface area contributed by atoms with Gasteiger partial charge >= 0.3 is 5.97 Å². The van der Waals surface area contributed by atoms with Gasteiger partial charge in [0, 0.05) is 19.0 Å². The summed E-state index contributed by atoms with van der Waals surface area (Å²) in [6, 6.07) is 4.91. The molecule has 0 saturated carbocycles. The Morgan fingerprint density at radius 3 is 2.75 bits per heavy atom. The van der Waals surface area contributed by atoms with Crippen LogP contribution in [-0.2, 0) is 9.53 Å².